The normalized spacial score (nSPS) is 12.6. The standard InChI is InChI=1S/C19H17F3N2O3/c1-12(17-10-14-4-2-3-5-16(14)26-17)24-18(25)23-11-13-6-8-15(9-7-13)27-19(20,21)22/h2-10,12H,11H2,1H3,(H2,23,24,25)/t12-/m0/s1. The van der Waals surface area contributed by atoms with Crippen LogP contribution in [0, 0.1) is 0 Å². The molecular weight excluding hydrogens is 361 g/mol. The number of para-hydroxylation sites is 1. The molecule has 0 aliphatic carbocycles. The van der Waals surface area contributed by atoms with Gasteiger partial charge in [0, 0.05) is 11.9 Å². The first-order valence-corrected chi connectivity index (χ1v) is 8.18. The lowest BCUT2D eigenvalue weighted by Crippen LogP contribution is -2.36. The number of furan rings is 1. The number of benzene rings is 2. The molecule has 0 unspecified atom stereocenters. The van der Waals surface area contributed by atoms with Crippen LogP contribution in [0.4, 0.5) is 18.0 Å². The summed E-state index contributed by atoms with van der Waals surface area (Å²) in [6.07, 6.45) is -4.73. The first-order chi connectivity index (χ1) is 12.8. The van der Waals surface area contributed by atoms with Crippen LogP contribution >= 0.6 is 0 Å². The summed E-state index contributed by atoms with van der Waals surface area (Å²) in [4.78, 5) is 12.0. The van der Waals surface area contributed by atoms with Gasteiger partial charge in [-0.05, 0) is 36.8 Å². The predicted molar refractivity (Wildman–Crippen MR) is 93.1 cm³/mol. The average Bonchev–Trinajstić information content (AvgIpc) is 3.04. The van der Waals surface area contributed by atoms with E-state index in [0.29, 0.717) is 11.3 Å². The first-order valence-electron chi connectivity index (χ1n) is 8.18. The van der Waals surface area contributed by atoms with Gasteiger partial charge in [-0.15, -0.1) is 13.2 Å². The Morgan fingerprint density at radius 2 is 1.85 bits per heavy atom. The highest BCUT2D eigenvalue weighted by molar-refractivity contribution is 5.78. The van der Waals surface area contributed by atoms with Gasteiger partial charge in [-0.1, -0.05) is 30.3 Å². The average molecular weight is 378 g/mol. The molecule has 2 aromatic carbocycles. The maximum atomic E-state index is 12.1. The lowest BCUT2D eigenvalue weighted by molar-refractivity contribution is -0.274. The van der Waals surface area contributed by atoms with Crippen LogP contribution in [0.1, 0.15) is 24.3 Å². The van der Waals surface area contributed by atoms with Crippen molar-refractivity contribution in [1.29, 1.82) is 0 Å². The zero-order chi connectivity index (χ0) is 19.4. The number of alkyl halides is 3. The minimum atomic E-state index is -4.73. The second kappa shape index (κ2) is 7.61. The molecule has 5 nitrogen and oxygen atoms in total. The summed E-state index contributed by atoms with van der Waals surface area (Å²) in [6, 6.07) is 13.9. The zero-order valence-electron chi connectivity index (χ0n) is 14.3. The highest BCUT2D eigenvalue weighted by Gasteiger charge is 2.30. The Balaban J connectivity index is 1.51. The van der Waals surface area contributed by atoms with E-state index in [4.69, 9.17) is 4.42 Å². The van der Waals surface area contributed by atoms with Crippen LogP contribution in [0.25, 0.3) is 11.0 Å². The third-order valence-corrected chi connectivity index (χ3v) is 3.83. The van der Waals surface area contributed by atoms with Crippen molar-refractivity contribution >= 4 is 17.0 Å². The van der Waals surface area contributed by atoms with Crippen molar-refractivity contribution in [2.24, 2.45) is 0 Å². The molecule has 2 N–H and O–H groups in total. The molecule has 0 spiro atoms. The van der Waals surface area contributed by atoms with E-state index < -0.39 is 12.4 Å². The zero-order valence-corrected chi connectivity index (χ0v) is 14.3. The number of halogens is 3. The number of ether oxygens (including phenoxy) is 1. The third-order valence-electron chi connectivity index (χ3n) is 3.83. The largest absolute Gasteiger partial charge is 0.573 e. The Hall–Kier alpha value is -3.16. The van der Waals surface area contributed by atoms with E-state index in [1.807, 2.05) is 30.3 Å². The number of hydrogen-bond donors (Lipinski definition) is 2. The summed E-state index contributed by atoms with van der Waals surface area (Å²) in [6.45, 7) is 1.95. The van der Waals surface area contributed by atoms with Crippen molar-refractivity contribution in [3.8, 4) is 5.75 Å². The summed E-state index contributed by atoms with van der Waals surface area (Å²) in [5, 5.41) is 6.35. The highest BCUT2D eigenvalue weighted by Crippen LogP contribution is 2.24. The fraction of sp³-hybridized carbons (Fsp3) is 0.211. The van der Waals surface area contributed by atoms with Gasteiger partial charge in [0.1, 0.15) is 17.1 Å². The van der Waals surface area contributed by atoms with Crippen LogP contribution in [0.5, 0.6) is 5.75 Å². The van der Waals surface area contributed by atoms with Crippen LogP contribution in [0.15, 0.2) is 59.0 Å². The van der Waals surface area contributed by atoms with E-state index in [-0.39, 0.29) is 18.3 Å². The minimum absolute atomic E-state index is 0.158. The van der Waals surface area contributed by atoms with Crippen LogP contribution in [-0.2, 0) is 6.54 Å². The van der Waals surface area contributed by atoms with Gasteiger partial charge < -0.3 is 19.8 Å². The lowest BCUT2D eigenvalue weighted by atomic mass is 10.2. The molecule has 1 aromatic heterocycles. The van der Waals surface area contributed by atoms with E-state index in [1.54, 1.807) is 6.92 Å². The molecule has 1 heterocycles. The highest BCUT2D eigenvalue weighted by atomic mass is 19.4. The quantitative estimate of drug-likeness (QED) is 0.664. The van der Waals surface area contributed by atoms with E-state index in [9.17, 15) is 18.0 Å². The molecule has 8 heteroatoms. The van der Waals surface area contributed by atoms with Gasteiger partial charge in [0.25, 0.3) is 0 Å². The lowest BCUT2D eigenvalue weighted by Gasteiger charge is -2.13. The smallest absolute Gasteiger partial charge is 0.459 e. The van der Waals surface area contributed by atoms with Crippen molar-refractivity contribution in [1.82, 2.24) is 10.6 Å². The van der Waals surface area contributed by atoms with E-state index >= 15 is 0 Å². The molecule has 0 saturated carbocycles. The van der Waals surface area contributed by atoms with Crippen molar-refractivity contribution in [2.45, 2.75) is 25.9 Å². The van der Waals surface area contributed by atoms with Gasteiger partial charge in [0.2, 0.25) is 0 Å². The summed E-state index contributed by atoms with van der Waals surface area (Å²) in [5.74, 6) is 0.314. The fourth-order valence-electron chi connectivity index (χ4n) is 2.53. The third kappa shape index (κ3) is 5.16. The summed E-state index contributed by atoms with van der Waals surface area (Å²) in [7, 11) is 0. The predicted octanol–water partition coefficient (Wildman–Crippen LogP) is 4.89. The van der Waals surface area contributed by atoms with Gasteiger partial charge >= 0.3 is 12.4 Å². The van der Waals surface area contributed by atoms with Crippen molar-refractivity contribution < 1.29 is 27.1 Å². The maximum absolute atomic E-state index is 12.1. The fourth-order valence-corrected chi connectivity index (χ4v) is 2.53. The Kier molecular flexibility index (Phi) is 5.25. The summed E-state index contributed by atoms with van der Waals surface area (Å²) < 4.78 is 45.9. The SMILES string of the molecule is C[C@H](NC(=O)NCc1ccc(OC(F)(F)F)cc1)c1cc2ccccc2o1. The number of fused-ring (bicyclic) bond motifs is 1. The van der Waals surface area contributed by atoms with Gasteiger partial charge in [-0.2, -0.15) is 0 Å². The number of hydrogen-bond acceptors (Lipinski definition) is 3. The summed E-state index contributed by atoms with van der Waals surface area (Å²) >= 11 is 0. The van der Waals surface area contributed by atoms with Crippen LogP contribution < -0.4 is 15.4 Å². The molecule has 0 bridgehead atoms. The molecule has 0 radical (unpaired) electrons. The van der Waals surface area contributed by atoms with Gasteiger partial charge in [-0.25, -0.2) is 4.79 Å². The molecule has 0 aliphatic heterocycles. The number of urea groups is 1. The second-order valence-corrected chi connectivity index (χ2v) is 5.93. The second-order valence-electron chi connectivity index (χ2n) is 5.93. The molecule has 0 aliphatic rings. The van der Waals surface area contributed by atoms with E-state index in [1.165, 1.54) is 24.3 Å². The number of nitrogens with one attached hydrogen (secondary N) is 2. The van der Waals surface area contributed by atoms with Crippen LogP contribution in [0.3, 0.4) is 0 Å². The Morgan fingerprint density at radius 1 is 1.15 bits per heavy atom. The van der Waals surface area contributed by atoms with Crippen LogP contribution in [0.2, 0.25) is 0 Å². The van der Waals surface area contributed by atoms with E-state index in [2.05, 4.69) is 15.4 Å². The molecule has 2 amide bonds. The number of amides is 2. The monoisotopic (exact) mass is 378 g/mol. The molecule has 142 valence electrons. The summed E-state index contributed by atoms with van der Waals surface area (Å²) in [5.41, 5.74) is 1.37. The minimum Gasteiger partial charge on any atom is -0.459 e. The van der Waals surface area contributed by atoms with Gasteiger partial charge in [-0.3, -0.25) is 0 Å². The number of rotatable bonds is 5. The van der Waals surface area contributed by atoms with Crippen molar-refractivity contribution in [3.05, 3.63) is 65.9 Å². The maximum Gasteiger partial charge on any atom is 0.573 e. The first kappa shape index (κ1) is 18.6. The van der Waals surface area contributed by atoms with E-state index in [0.717, 1.165) is 11.0 Å². The molecule has 0 saturated heterocycles. The molecule has 0 fully saturated rings. The molecule has 1 atom stereocenters. The van der Waals surface area contributed by atoms with Gasteiger partial charge in [0.05, 0.1) is 6.04 Å². The Labute approximate surface area is 153 Å². The van der Waals surface area contributed by atoms with Gasteiger partial charge in [0.15, 0.2) is 0 Å². The van der Waals surface area contributed by atoms with Crippen molar-refractivity contribution in [2.75, 3.05) is 0 Å². The number of carbonyl (C=O) groups excluding carboxylic acids is 1. The molecule has 3 aromatic rings. The van der Waals surface area contributed by atoms with Crippen molar-refractivity contribution in [3.63, 3.8) is 0 Å². The molecule has 27 heavy (non-hydrogen) atoms. The molecule has 3 rings (SSSR count). The topological polar surface area (TPSA) is 63.5 Å². The Bertz CT molecular complexity index is 887. The molecular formula is C19H17F3N2O3. The number of carbonyl (C=O) groups is 1. The Morgan fingerprint density at radius 3 is 2.52 bits per heavy atom. The van der Waals surface area contributed by atoms with Crippen LogP contribution in [-0.4, -0.2) is 12.4 Å².